The maximum Gasteiger partial charge on any atom is 0.333 e. The van der Waals surface area contributed by atoms with Crippen molar-refractivity contribution >= 4 is 8.60 Å². The minimum absolute atomic E-state index is 0.203. The molecular weight excluding hydrogens is 139 g/mol. The first kappa shape index (κ1) is 7.42. The second kappa shape index (κ2) is 3.47. The molecule has 0 saturated carbocycles. The van der Waals surface area contributed by atoms with Gasteiger partial charge in [0.05, 0.1) is 19.3 Å². The first-order chi connectivity index (χ1) is 4.29. The molecule has 0 aliphatic carbocycles. The lowest BCUT2D eigenvalue weighted by Crippen LogP contribution is -1.96. The van der Waals surface area contributed by atoms with Crippen LogP contribution in [0.25, 0.3) is 0 Å². The third kappa shape index (κ3) is 2.59. The van der Waals surface area contributed by atoms with Crippen LogP contribution in [0.15, 0.2) is 0 Å². The third-order valence-electron chi connectivity index (χ3n) is 0.774. The predicted molar refractivity (Wildman–Crippen MR) is 35.0 cm³/mol. The molecule has 1 aliphatic rings. The zero-order valence-corrected chi connectivity index (χ0v) is 6.56. The molecule has 0 radical (unpaired) electrons. The van der Waals surface area contributed by atoms with Crippen LogP contribution in [0.2, 0.25) is 0 Å². The minimum atomic E-state index is -0.985. The van der Waals surface area contributed by atoms with E-state index in [9.17, 15) is 0 Å². The van der Waals surface area contributed by atoms with Gasteiger partial charge in [-0.15, -0.1) is 0 Å². The summed E-state index contributed by atoms with van der Waals surface area (Å²) in [5.74, 6) is 0. The molecule has 3 nitrogen and oxygen atoms in total. The van der Waals surface area contributed by atoms with Crippen LogP contribution in [0.5, 0.6) is 0 Å². The molecule has 1 rings (SSSR count). The molecule has 0 unspecified atom stereocenters. The van der Waals surface area contributed by atoms with Crippen molar-refractivity contribution in [1.82, 2.24) is 0 Å². The Hall–Kier alpha value is 0.310. The fraction of sp³-hybridized carbons (Fsp3) is 1.00. The van der Waals surface area contributed by atoms with Crippen molar-refractivity contribution in [1.29, 1.82) is 0 Å². The second-order valence-corrected chi connectivity index (χ2v) is 3.22. The second-order valence-electron chi connectivity index (χ2n) is 2.04. The summed E-state index contributed by atoms with van der Waals surface area (Å²) < 4.78 is 15.4. The average molecular weight is 150 g/mol. The Bertz CT molecular complexity index is 80.3. The van der Waals surface area contributed by atoms with Gasteiger partial charge in [0.1, 0.15) is 0 Å². The molecule has 1 heterocycles. The molecular formula is C5H11O3P. The van der Waals surface area contributed by atoms with Gasteiger partial charge < -0.3 is 13.6 Å². The van der Waals surface area contributed by atoms with Crippen molar-refractivity contribution in [3.63, 3.8) is 0 Å². The Labute approximate surface area is 56.3 Å². The van der Waals surface area contributed by atoms with Crippen LogP contribution in [-0.2, 0) is 13.6 Å². The van der Waals surface area contributed by atoms with Gasteiger partial charge >= 0.3 is 8.60 Å². The maximum atomic E-state index is 5.23. The van der Waals surface area contributed by atoms with Gasteiger partial charge in [0.15, 0.2) is 0 Å². The average Bonchev–Trinajstić information content (AvgIpc) is 2.15. The monoisotopic (exact) mass is 150 g/mol. The third-order valence-corrected chi connectivity index (χ3v) is 2.15. The molecule has 0 amide bonds. The van der Waals surface area contributed by atoms with Crippen LogP contribution in [0, 0.1) is 0 Å². The molecule has 0 N–H and O–H groups in total. The summed E-state index contributed by atoms with van der Waals surface area (Å²) in [6.45, 7) is 5.29. The van der Waals surface area contributed by atoms with E-state index in [1.807, 2.05) is 13.8 Å². The van der Waals surface area contributed by atoms with Gasteiger partial charge in [0, 0.05) is 0 Å². The molecule has 1 aliphatic heterocycles. The lowest BCUT2D eigenvalue weighted by Gasteiger charge is -2.09. The van der Waals surface area contributed by atoms with Gasteiger partial charge in [0.2, 0.25) is 0 Å². The van der Waals surface area contributed by atoms with Crippen LogP contribution in [-0.4, -0.2) is 19.3 Å². The summed E-state index contributed by atoms with van der Waals surface area (Å²) in [4.78, 5) is 0. The highest BCUT2D eigenvalue weighted by Crippen LogP contribution is 2.44. The molecule has 4 heteroatoms. The molecule has 0 atom stereocenters. The van der Waals surface area contributed by atoms with E-state index in [-0.39, 0.29) is 6.10 Å². The van der Waals surface area contributed by atoms with E-state index in [1.165, 1.54) is 0 Å². The van der Waals surface area contributed by atoms with E-state index < -0.39 is 8.60 Å². The fourth-order valence-electron chi connectivity index (χ4n) is 0.494. The Balaban J connectivity index is 2.11. The fourth-order valence-corrected chi connectivity index (χ4v) is 1.48. The van der Waals surface area contributed by atoms with Crippen molar-refractivity contribution in [2.45, 2.75) is 20.0 Å². The summed E-state index contributed by atoms with van der Waals surface area (Å²) >= 11 is 0. The van der Waals surface area contributed by atoms with E-state index in [4.69, 9.17) is 13.6 Å². The SMILES string of the molecule is CC(C)OP1OCCO1. The Kier molecular flexibility index (Phi) is 2.86. The van der Waals surface area contributed by atoms with E-state index in [2.05, 4.69) is 0 Å². The summed E-state index contributed by atoms with van der Waals surface area (Å²) in [7, 11) is -0.985. The smallest absolute Gasteiger partial charge is 0.310 e. The molecule has 0 aromatic rings. The summed E-state index contributed by atoms with van der Waals surface area (Å²) in [5.41, 5.74) is 0. The highest BCUT2D eigenvalue weighted by Gasteiger charge is 2.19. The van der Waals surface area contributed by atoms with E-state index in [0.29, 0.717) is 13.2 Å². The summed E-state index contributed by atoms with van der Waals surface area (Å²) in [6.07, 6.45) is 0.203. The Morgan fingerprint density at radius 1 is 1.33 bits per heavy atom. The van der Waals surface area contributed by atoms with Crippen LogP contribution in [0.4, 0.5) is 0 Å². The van der Waals surface area contributed by atoms with Crippen LogP contribution < -0.4 is 0 Å². The van der Waals surface area contributed by atoms with Gasteiger partial charge in [-0.3, -0.25) is 0 Å². The van der Waals surface area contributed by atoms with Gasteiger partial charge in [-0.05, 0) is 13.8 Å². The van der Waals surface area contributed by atoms with Crippen molar-refractivity contribution in [2.24, 2.45) is 0 Å². The lowest BCUT2D eigenvalue weighted by atomic mass is 10.5. The van der Waals surface area contributed by atoms with E-state index in [1.54, 1.807) is 0 Å². The van der Waals surface area contributed by atoms with Crippen molar-refractivity contribution in [2.75, 3.05) is 13.2 Å². The first-order valence-corrected chi connectivity index (χ1v) is 4.11. The minimum Gasteiger partial charge on any atom is -0.310 e. The molecule has 0 aromatic carbocycles. The highest BCUT2D eigenvalue weighted by molar-refractivity contribution is 7.41. The molecule has 9 heavy (non-hydrogen) atoms. The van der Waals surface area contributed by atoms with Gasteiger partial charge in [-0.25, -0.2) is 0 Å². The van der Waals surface area contributed by atoms with Crippen molar-refractivity contribution < 1.29 is 13.6 Å². The quantitative estimate of drug-likeness (QED) is 0.560. The molecule has 1 saturated heterocycles. The molecule has 0 bridgehead atoms. The zero-order chi connectivity index (χ0) is 6.69. The maximum absolute atomic E-state index is 5.23. The van der Waals surface area contributed by atoms with Gasteiger partial charge in [-0.2, -0.15) is 0 Å². The summed E-state index contributed by atoms with van der Waals surface area (Å²) in [5, 5.41) is 0. The lowest BCUT2D eigenvalue weighted by molar-refractivity contribution is 0.197. The van der Waals surface area contributed by atoms with Crippen LogP contribution >= 0.6 is 8.60 Å². The number of hydrogen-bond acceptors (Lipinski definition) is 3. The van der Waals surface area contributed by atoms with Crippen LogP contribution in [0.1, 0.15) is 13.8 Å². The molecule has 0 spiro atoms. The normalized spacial score (nSPS) is 21.7. The molecule has 1 fully saturated rings. The topological polar surface area (TPSA) is 27.7 Å². The Morgan fingerprint density at radius 2 is 1.89 bits per heavy atom. The first-order valence-electron chi connectivity index (χ1n) is 3.02. The predicted octanol–water partition coefficient (Wildman–Crippen LogP) is 1.69. The van der Waals surface area contributed by atoms with Crippen molar-refractivity contribution in [3.8, 4) is 0 Å². The van der Waals surface area contributed by atoms with Crippen molar-refractivity contribution in [3.05, 3.63) is 0 Å². The Morgan fingerprint density at radius 3 is 2.33 bits per heavy atom. The van der Waals surface area contributed by atoms with Crippen LogP contribution in [0.3, 0.4) is 0 Å². The summed E-state index contributed by atoms with van der Waals surface area (Å²) in [6, 6.07) is 0. The highest BCUT2D eigenvalue weighted by atomic mass is 31.2. The van der Waals surface area contributed by atoms with E-state index >= 15 is 0 Å². The standard InChI is InChI=1S/C5H11O3P/c1-5(2)8-9-6-3-4-7-9/h5H,3-4H2,1-2H3. The van der Waals surface area contributed by atoms with Gasteiger partial charge in [0.25, 0.3) is 0 Å². The zero-order valence-electron chi connectivity index (χ0n) is 5.66. The van der Waals surface area contributed by atoms with Gasteiger partial charge in [-0.1, -0.05) is 0 Å². The van der Waals surface area contributed by atoms with E-state index in [0.717, 1.165) is 0 Å². The number of hydrogen-bond donors (Lipinski definition) is 0. The number of rotatable bonds is 2. The molecule has 0 aromatic heterocycles. The molecule has 54 valence electrons. The largest absolute Gasteiger partial charge is 0.333 e.